The summed E-state index contributed by atoms with van der Waals surface area (Å²) in [5, 5.41) is 1.54. The Morgan fingerprint density at radius 1 is 1.06 bits per heavy atom. The smallest absolute Gasteiger partial charge is 0.192 e. The first-order valence-corrected chi connectivity index (χ1v) is 16.2. The van der Waals surface area contributed by atoms with Crippen molar-refractivity contribution in [2.45, 2.75) is 32.2 Å². The van der Waals surface area contributed by atoms with Crippen molar-refractivity contribution < 1.29 is 4.43 Å². The Labute approximate surface area is 102 Å². The highest BCUT2D eigenvalue weighted by atomic mass is 29.6. The van der Waals surface area contributed by atoms with Gasteiger partial charge in [-0.3, -0.25) is 0 Å². The molecule has 0 spiro atoms. The molecule has 0 bridgehead atoms. The Bertz CT molecular complexity index is 362. The molecule has 88 valence electrons. The van der Waals surface area contributed by atoms with E-state index in [1.807, 2.05) is 0 Å². The minimum Gasteiger partial charge on any atom is -0.419 e. The molecule has 2 rings (SSSR count). The predicted octanol–water partition coefficient (Wildman–Crippen LogP) is 2.22. The maximum Gasteiger partial charge on any atom is 0.192 e. The number of benzene rings is 1. The molecule has 1 unspecified atom stereocenters. The molecule has 1 saturated heterocycles. The maximum atomic E-state index is 6.25. The second-order valence-corrected chi connectivity index (χ2v) is 31.1. The zero-order valence-electron chi connectivity index (χ0n) is 10.8. The summed E-state index contributed by atoms with van der Waals surface area (Å²) in [5.74, 6) is 0. The van der Waals surface area contributed by atoms with E-state index in [4.69, 9.17) is 4.43 Å². The Morgan fingerprint density at radius 3 is 2.31 bits per heavy atom. The van der Waals surface area contributed by atoms with Crippen molar-refractivity contribution in [1.29, 1.82) is 0 Å². The van der Waals surface area contributed by atoms with Crippen LogP contribution in [0.5, 0.6) is 0 Å². The van der Waals surface area contributed by atoms with Gasteiger partial charge >= 0.3 is 0 Å². The lowest BCUT2D eigenvalue weighted by atomic mass is 10.4. The van der Waals surface area contributed by atoms with E-state index in [9.17, 15) is 0 Å². The normalized spacial score (nSPS) is 27.6. The lowest BCUT2D eigenvalue weighted by Gasteiger charge is -2.47. The number of hydrogen-bond donors (Lipinski definition) is 0. The molecule has 0 N–H and O–H groups in total. The molecule has 0 saturated carbocycles. The summed E-state index contributed by atoms with van der Waals surface area (Å²) in [6.07, 6.45) is 0. The van der Waals surface area contributed by atoms with Crippen LogP contribution in [0.25, 0.3) is 0 Å². The van der Waals surface area contributed by atoms with Crippen LogP contribution >= 0.6 is 0 Å². The van der Waals surface area contributed by atoms with Crippen LogP contribution in [-0.2, 0) is 4.43 Å². The van der Waals surface area contributed by atoms with Crippen LogP contribution in [0.1, 0.15) is 0 Å². The summed E-state index contributed by atoms with van der Waals surface area (Å²) in [6, 6.07) is 12.4. The van der Waals surface area contributed by atoms with Crippen LogP contribution in [-0.4, -0.2) is 29.9 Å². The highest BCUT2D eigenvalue weighted by Crippen LogP contribution is 2.30. The highest BCUT2D eigenvalue weighted by Gasteiger charge is 2.51. The van der Waals surface area contributed by atoms with E-state index in [-0.39, 0.29) is 0 Å². The van der Waals surface area contributed by atoms with Gasteiger partial charge in [0, 0.05) is 14.2 Å². The summed E-state index contributed by atoms with van der Waals surface area (Å²) >= 11 is 0. The van der Waals surface area contributed by atoms with Crippen molar-refractivity contribution in [3.63, 3.8) is 0 Å². The van der Waals surface area contributed by atoms with Gasteiger partial charge < -0.3 is 4.43 Å². The maximum absolute atomic E-state index is 6.25. The van der Waals surface area contributed by atoms with Crippen LogP contribution in [0.2, 0.25) is 32.2 Å². The van der Waals surface area contributed by atoms with Gasteiger partial charge in [-0.15, -0.1) is 0 Å². The van der Waals surface area contributed by atoms with Crippen molar-refractivity contribution in [2.75, 3.05) is 6.61 Å². The third-order valence-electron chi connectivity index (χ3n) is 4.51. The van der Waals surface area contributed by atoms with Crippen LogP contribution in [0.4, 0.5) is 0 Å². The van der Waals surface area contributed by atoms with Gasteiger partial charge in [0.1, 0.15) is 0 Å². The van der Waals surface area contributed by atoms with E-state index in [0.717, 1.165) is 6.61 Å². The van der Waals surface area contributed by atoms with Gasteiger partial charge in [-0.05, 0) is 11.2 Å². The third-order valence-corrected chi connectivity index (χ3v) is 38.4. The molecule has 4 heteroatoms. The van der Waals surface area contributed by atoms with E-state index < -0.39 is 23.3 Å². The Balaban J connectivity index is 2.35. The second-order valence-electron chi connectivity index (χ2n) is 6.02. The third kappa shape index (κ3) is 1.99. The monoisotopic (exact) mass is 266 g/mol. The molecule has 1 aliphatic heterocycles. The average molecular weight is 267 g/mol. The number of hydrogen-bond acceptors (Lipinski definition) is 1. The SMILES string of the molecule is C[Si]1(C)CCO[SiH](c2ccccc2)[Si]1(C)C. The molecule has 1 atom stereocenters. The van der Waals surface area contributed by atoms with Gasteiger partial charge in [-0.2, -0.15) is 0 Å². The van der Waals surface area contributed by atoms with Crippen molar-refractivity contribution in [3.8, 4) is 0 Å². The Hall–Kier alpha value is -0.169. The van der Waals surface area contributed by atoms with Gasteiger partial charge in [-0.25, -0.2) is 0 Å². The molecule has 0 aromatic heterocycles. The van der Waals surface area contributed by atoms with Crippen molar-refractivity contribution in [3.05, 3.63) is 30.3 Å². The van der Waals surface area contributed by atoms with Crippen molar-refractivity contribution in [2.24, 2.45) is 0 Å². The molecule has 0 radical (unpaired) electrons. The summed E-state index contributed by atoms with van der Waals surface area (Å²) in [7, 11) is -3.24. The molecule has 1 nitrogen and oxygen atoms in total. The standard InChI is InChI=1S/C12H22OSi3/c1-15(2)11-10-13-14(16(15,3)4)12-8-6-5-7-9-12/h5-9,14H,10-11H2,1-4H3. The lowest BCUT2D eigenvalue weighted by molar-refractivity contribution is 0.355. The molecule has 0 amide bonds. The first-order chi connectivity index (χ1) is 7.45. The average Bonchev–Trinajstić information content (AvgIpc) is 2.23. The molecule has 1 heterocycles. The van der Waals surface area contributed by atoms with Crippen LogP contribution < -0.4 is 5.19 Å². The molecule has 1 aromatic carbocycles. The summed E-state index contributed by atoms with van der Waals surface area (Å²) in [5.41, 5.74) is 0. The highest BCUT2D eigenvalue weighted by molar-refractivity contribution is 7.65. The second kappa shape index (κ2) is 4.25. The van der Waals surface area contributed by atoms with Gasteiger partial charge in [0.15, 0.2) is 8.56 Å². The molecule has 1 fully saturated rings. The minimum atomic E-state index is -1.13. The predicted molar refractivity (Wildman–Crippen MR) is 78.9 cm³/mol. The van der Waals surface area contributed by atoms with E-state index >= 15 is 0 Å². The quantitative estimate of drug-likeness (QED) is 0.708. The Morgan fingerprint density at radius 2 is 1.69 bits per heavy atom. The summed E-state index contributed by atoms with van der Waals surface area (Å²) < 4.78 is 6.25. The summed E-state index contributed by atoms with van der Waals surface area (Å²) in [6.45, 7) is 11.4. The molecule has 1 aliphatic rings. The zero-order chi connectivity index (χ0) is 11.8. The molecule has 0 aliphatic carbocycles. The van der Waals surface area contributed by atoms with E-state index in [1.165, 1.54) is 6.04 Å². The molecular formula is C12H22OSi3. The van der Waals surface area contributed by atoms with E-state index in [0.29, 0.717) is 0 Å². The first kappa shape index (κ1) is 12.3. The largest absolute Gasteiger partial charge is 0.419 e. The zero-order valence-corrected chi connectivity index (χ0v) is 13.9. The fourth-order valence-electron chi connectivity index (χ4n) is 2.46. The van der Waals surface area contributed by atoms with Gasteiger partial charge in [0.2, 0.25) is 0 Å². The minimum absolute atomic E-state index is 0.988. The van der Waals surface area contributed by atoms with E-state index in [1.54, 1.807) is 5.19 Å². The van der Waals surface area contributed by atoms with Gasteiger partial charge in [0.25, 0.3) is 0 Å². The molecule has 1 aromatic rings. The van der Waals surface area contributed by atoms with Gasteiger partial charge in [-0.1, -0.05) is 56.5 Å². The van der Waals surface area contributed by atoms with Crippen molar-refractivity contribution >= 4 is 28.4 Å². The fraction of sp³-hybridized carbons (Fsp3) is 0.500. The molecular weight excluding hydrogens is 244 g/mol. The topological polar surface area (TPSA) is 9.23 Å². The van der Waals surface area contributed by atoms with Crippen LogP contribution in [0.15, 0.2) is 30.3 Å². The Kier molecular flexibility index (Phi) is 3.27. The molecule has 16 heavy (non-hydrogen) atoms. The fourth-order valence-corrected chi connectivity index (χ4v) is 26.0. The van der Waals surface area contributed by atoms with E-state index in [2.05, 4.69) is 56.5 Å². The number of rotatable bonds is 1. The lowest BCUT2D eigenvalue weighted by Crippen LogP contribution is -2.72. The summed E-state index contributed by atoms with van der Waals surface area (Å²) in [4.78, 5) is 0. The van der Waals surface area contributed by atoms with Gasteiger partial charge in [0.05, 0.1) is 7.11 Å². The van der Waals surface area contributed by atoms with Crippen LogP contribution in [0, 0.1) is 0 Å². The van der Waals surface area contributed by atoms with Crippen LogP contribution in [0.3, 0.4) is 0 Å². The van der Waals surface area contributed by atoms with Crippen molar-refractivity contribution in [1.82, 2.24) is 0 Å². The first-order valence-electron chi connectivity index (χ1n) is 6.12.